The van der Waals surface area contributed by atoms with Gasteiger partial charge in [0.2, 0.25) is 0 Å². The van der Waals surface area contributed by atoms with E-state index in [0.29, 0.717) is 12.1 Å². The van der Waals surface area contributed by atoms with Crippen LogP contribution < -0.4 is 0 Å². The fourth-order valence-corrected chi connectivity index (χ4v) is 1.62. The summed E-state index contributed by atoms with van der Waals surface area (Å²) in [7, 11) is 0. The highest BCUT2D eigenvalue weighted by atomic mass is 19.1. The molecule has 2 aromatic carbocycles. The Morgan fingerprint density at radius 1 is 0.611 bits per heavy atom. The van der Waals surface area contributed by atoms with Gasteiger partial charge in [-0.25, -0.2) is 17.6 Å². The highest BCUT2D eigenvalue weighted by Crippen LogP contribution is 2.24. The van der Waals surface area contributed by atoms with Gasteiger partial charge in [-0.15, -0.1) is 0 Å². The van der Waals surface area contributed by atoms with Crippen LogP contribution in [0, 0.1) is 23.3 Å². The monoisotopic (exact) mass is 252 g/mol. The molecule has 92 valence electrons. The largest absolute Gasteiger partial charge is 0.207 e. The molecule has 18 heavy (non-hydrogen) atoms. The Bertz CT molecular complexity index is 523. The van der Waals surface area contributed by atoms with Crippen LogP contribution in [-0.2, 0) is 0 Å². The lowest BCUT2D eigenvalue weighted by molar-refractivity contribution is 0.582. The predicted molar refractivity (Wildman–Crippen MR) is 60.9 cm³/mol. The summed E-state index contributed by atoms with van der Waals surface area (Å²) in [5, 5.41) is 0. The number of halogens is 4. The standard InChI is InChI=1S/C14H8F4/c1-8(9-2-11(15)6-12(16)3-9)10-4-13(17)7-14(18)5-10/h2-7H,1H2. The zero-order valence-electron chi connectivity index (χ0n) is 9.18. The molecular formula is C14H8F4. The molecule has 0 fully saturated rings. The van der Waals surface area contributed by atoms with Gasteiger partial charge in [-0.05, 0) is 41.0 Å². The zero-order chi connectivity index (χ0) is 13.3. The minimum atomic E-state index is -0.775. The summed E-state index contributed by atoms with van der Waals surface area (Å²) in [6.07, 6.45) is 0. The Kier molecular flexibility index (Phi) is 3.19. The van der Waals surface area contributed by atoms with Crippen LogP contribution in [0.5, 0.6) is 0 Å². The van der Waals surface area contributed by atoms with Gasteiger partial charge in [0.05, 0.1) is 0 Å². The van der Waals surface area contributed by atoms with E-state index >= 15 is 0 Å². The number of hydrogen-bond acceptors (Lipinski definition) is 0. The summed E-state index contributed by atoms with van der Waals surface area (Å²) in [6.45, 7) is 3.59. The molecule has 0 atom stereocenters. The van der Waals surface area contributed by atoms with E-state index in [-0.39, 0.29) is 16.7 Å². The first kappa shape index (κ1) is 12.4. The number of hydrogen-bond donors (Lipinski definition) is 0. The first-order chi connectivity index (χ1) is 8.45. The first-order valence-corrected chi connectivity index (χ1v) is 5.07. The van der Waals surface area contributed by atoms with E-state index in [4.69, 9.17) is 0 Å². The van der Waals surface area contributed by atoms with Crippen molar-refractivity contribution in [2.45, 2.75) is 0 Å². The van der Waals surface area contributed by atoms with Crippen molar-refractivity contribution < 1.29 is 17.6 Å². The lowest BCUT2D eigenvalue weighted by Crippen LogP contribution is -1.92. The second kappa shape index (κ2) is 4.64. The van der Waals surface area contributed by atoms with Crippen LogP contribution in [0.4, 0.5) is 17.6 Å². The molecule has 0 aliphatic carbocycles. The topological polar surface area (TPSA) is 0 Å². The van der Waals surface area contributed by atoms with Gasteiger partial charge in [0.15, 0.2) is 0 Å². The summed E-state index contributed by atoms with van der Waals surface area (Å²) >= 11 is 0. The molecule has 2 aromatic rings. The van der Waals surface area contributed by atoms with Crippen molar-refractivity contribution in [2.75, 3.05) is 0 Å². The van der Waals surface area contributed by atoms with Crippen molar-refractivity contribution in [3.63, 3.8) is 0 Å². The van der Waals surface area contributed by atoms with Gasteiger partial charge in [0, 0.05) is 12.1 Å². The predicted octanol–water partition coefficient (Wildman–Crippen LogP) is 4.30. The summed E-state index contributed by atoms with van der Waals surface area (Å²) in [6, 6.07) is 5.62. The lowest BCUT2D eigenvalue weighted by Gasteiger charge is -2.07. The summed E-state index contributed by atoms with van der Waals surface area (Å²) in [5.41, 5.74) is 0.418. The lowest BCUT2D eigenvalue weighted by atomic mass is 9.99. The molecule has 0 aliphatic rings. The van der Waals surface area contributed by atoms with Crippen LogP contribution in [0.3, 0.4) is 0 Å². The summed E-state index contributed by atoms with van der Waals surface area (Å²) < 4.78 is 52.1. The molecule has 4 heteroatoms. The molecule has 0 aromatic heterocycles. The van der Waals surface area contributed by atoms with Crippen molar-refractivity contribution in [2.24, 2.45) is 0 Å². The van der Waals surface area contributed by atoms with Crippen LogP contribution in [0.1, 0.15) is 11.1 Å². The average Bonchev–Trinajstić information content (AvgIpc) is 2.25. The van der Waals surface area contributed by atoms with E-state index in [2.05, 4.69) is 6.58 Å². The third-order valence-corrected chi connectivity index (χ3v) is 2.42. The molecule has 0 heterocycles. The van der Waals surface area contributed by atoms with E-state index in [1.807, 2.05) is 0 Å². The Morgan fingerprint density at radius 2 is 0.889 bits per heavy atom. The van der Waals surface area contributed by atoms with Crippen molar-refractivity contribution >= 4 is 5.57 Å². The normalized spacial score (nSPS) is 10.4. The smallest absolute Gasteiger partial charge is 0.126 e. The molecule has 0 amide bonds. The number of benzene rings is 2. The van der Waals surface area contributed by atoms with Crippen molar-refractivity contribution in [3.8, 4) is 0 Å². The van der Waals surface area contributed by atoms with Crippen molar-refractivity contribution in [1.29, 1.82) is 0 Å². The molecule has 0 aliphatic heterocycles. The quantitative estimate of drug-likeness (QED) is 0.699. The fourth-order valence-electron chi connectivity index (χ4n) is 1.62. The van der Waals surface area contributed by atoms with E-state index in [1.165, 1.54) is 0 Å². The van der Waals surface area contributed by atoms with E-state index in [1.54, 1.807) is 0 Å². The highest BCUT2D eigenvalue weighted by Gasteiger charge is 2.09. The molecule has 0 N–H and O–H groups in total. The van der Waals surface area contributed by atoms with Gasteiger partial charge < -0.3 is 0 Å². The van der Waals surface area contributed by atoms with Crippen molar-refractivity contribution in [3.05, 3.63) is 77.4 Å². The maximum absolute atomic E-state index is 13.0. The van der Waals surface area contributed by atoms with Gasteiger partial charge in [-0.1, -0.05) is 6.58 Å². The number of rotatable bonds is 2. The van der Waals surface area contributed by atoms with Gasteiger partial charge in [-0.3, -0.25) is 0 Å². The summed E-state index contributed by atoms with van der Waals surface area (Å²) in [5.74, 6) is -3.10. The minimum Gasteiger partial charge on any atom is -0.207 e. The molecule has 0 radical (unpaired) electrons. The van der Waals surface area contributed by atoms with Crippen LogP contribution in [0.15, 0.2) is 43.0 Å². The third kappa shape index (κ3) is 2.59. The maximum Gasteiger partial charge on any atom is 0.126 e. The van der Waals surface area contributed by atoms with E-state index in [0.717, 1.165) is 24.3 Å². The van der Waals surface area contributed by atoms with Gasteiger partial charge in [-0.2, -0.15) is 0 Å². The fraction of sp³-hybridized carbons (Fsp3) is 0. The summed E-state index contributed by atoms with van der Waals surface area (Å²) in [4.78, 5) is 0. The van der Waals surface area contributed by atoms with Crippen molar-refractivity contribution in [1.82, 2.24) is 0 Å². The Balaban J connectivity index is 2.47. The second-order valence-corrected chi connectivity index (χ2v) is 3.79. The maximum atomic E-state index is 13.0. The van der Waals surface area contributed by atoms with Crippen LogP contribution in [0.25, 0.3) is 5.57 Å². The van der Waals surface area contributed by atoms with E-state index < -0.39 is 23.3 Å². The molecule has 0 saturated carbocycles. The SMILES string of the molecule is C=C(c1cc(F)cc(F)c1)c1cc(F)cc(F)c1. The average molecular weight is 252 g/mol. The Labute approximate surface area is 101 Å². The Hall–Kier alpha value is -2.10. The first-order valence-electron chi connectivity index (χ1n) is 5.07. The second-order valence-electron chi connectivity index (χ2n) is 3.79. The molecular weight excluding hydrogens is 244 g/mol. The minimum absolute atomic E-state index is 0.137. The molecule has 0 bridgehead atoms. The van der Waals surface area contributed by atoms with Crippen LogP contribution >= 0.6 is 0 Å². The molecule has 0 unspecified atom stereocenters. The molecule has 2 rings (SSSR count). The third-order valence-electron chi connectivity index (χ3n) is 2.42. The van der Waals surface area contributed by atoms with Gasteiger partial charge in [0.25, 0.3) is 0 Å². The van der Waals surface area contributed by atoms with E-state index in [9.17, 15) is 17.6 Å². The highest BCUT2D eigenvalue weighted by molar-refractivity contribution is 5.78. The van der Waals surface area contributed by atoms with Gasteiger partial charge in [0.1, 0.15) is 23.3 Å². The molecule has 0 nitrogen and oxygen atoms in total. The van der Waals surface area contributed by atoms with Crippen LogP contribution in [0.2, 0.25) is 0 Å². The molecule has 0 saturated heterocycles. The Morgan fingerprint density at radius 3 is 1.17 bits per heavy atom. The van der Waals surface area contributed by atoms with Crippen LogP contribution in [-0.4, -0.2) is 0 Å². The molecule has 0 spiro atoms. The zero-order valence-corrected chi connectivity index (χ0v) is 9.18. The van der Waals surface area contributed by atoms with Gasteiger partial charge >= 0.3 is 0 Å².